The number of benzene rings is 1. The smallest absolute Gasteiger partial charge is 0.153 e. The summed E-state index contributed by atoms with van der Waals surface area (Å²) in [6, 6.07) is 11.7. The minimum absolute atomic E-state index is 0.749. The number of aromatic nitrogens is 3. The predicted molar refractivity (Wildman–Crippen MR) is 75.9 cm³/mol. The first-order valence-corrected chi connectivity index (χ1v) is 6.06. The quantitative estimate of drug-likeness (QED) is 0.711. The molecule has 94 valence electrons. The van der Waals surface area contributed by atoms with Crippen LogP contribution in [-0.4, -0.2) is 14.8 Å². The number of nitrogens with two attached hydrogens (primary N) is 1. The number of para-hydroxylation sites is 1. The van der Waals surface area contributed by atoms with E-state index in [-0.39, 0.29) is 0 Å². The predicted octanol–water partition coefficient (Wildman–Crippen LogP) is 2.82. The lowest BCUT2D eigenvalue weighted by molar-refractivity contribution is 0.845. The Labute approximate surface area is 111 Å². The number of pyridine rings is 1. The van der Waals surface area contributed by atoms with E-state index in [0.29, 0.717) is 0 Å². The molecule has 0 amide bonds. The van der Waals surface area contributed by atoms with Gasteiger partial charge in [-0.15, -0.1) is 0 Å². The minimum Gasteiger partial charge on any atom is -0.398 e. The van der Waals surface area contributed by atoms with Gasteiger partial charge >= 0.3 is 0 Å². The van der Waals surface area contributed by atoms with Crippen molar-refractivity contribution in [1.29, 1.82) is 0 Å². The van der Waals surface area contributed by atoms with Gasteiger partial charge in [0.15, 0.2) is 5.82 Å². The van der Waals surface area contributed by atoms with Crippen molar-refractivity contribution in [2.75, 3.05) is 5.73 Å². The van der Waals surface area contributed by atoms with Crippen molar-refractivity contribution < 1.29 is 0 Å². The lowest BCUT2D eigenvalue weighted by Gasteiger charge is -2.02. The van der Waals surface area contributed by atoms with Gasteiger partial charge in [0.2, 0.25) is 0 Å². The van der Waals surface area contributed by atoms with E-state index < -0.39 is 0 Å². The molecule has 4 nitrogen and oxygen atoms in total. The Balaban J connectivity index is 2.00. The minimum atomic E-state index is 0.749. The lowest BCUT2D eigenvalue weighted by atomic mass is 10.1. The molecule has 4 heteroatoms. The van der Waals surface area contributed by atoms with E-state index in [1.165, 1.54) is 0 Å². The normalized spacial score (nSPS) is 10.6. The summed E-state index contributed by atoms with van der Waals surface area (Å²) in [5, 5.41) is 4.33. The van der Waals surface area contributed by atoms with Crippen molar-refractivity contribution in [1.82, 2.24) is 14.8 Å². The molecule has 0 aliphatic rings. The third kappa shape index (κ3) is 2.20. The second-order valence-electron chi connectivity index (χ2n) is 4.45. The number of nitrogens with zero attached hydrogens (tertiary/aromatic N) is 3. The largest absolute Gasteiger partial charge is 0.398 e. The Morgan fingerprint density at radius 1 is 1.05 bits per heavy atom. The number of hydrogen-bond acceptors (Lipinski definition) is 3. The van der Waals surface area contributed by atoms with Crippen LogP contribution in [-0.2, 0) is 0 Å². The van der Waals surface area contributed by atoms with Gasteiger partial charge in [0, 0.05) is 29.2 Å². The van der Waals surface area contributed by atoms with E-state index in [1.54, 1.807) is 10.9 Å². The summed E-state index contributed by atoms with van der Waals surface area (Å²) in [6.45, 7) is 2.01. The Bertz CT molecular complexity index is 698. The second-order valence-corrected chi connectivity index (χ2v) is 4.45. The first-order chi connectivity index (χ1) is 9.24. The Morgan fingerprint density at radius 3 is 2.63 bits per heavy atom. The highest BCUT2D eigenvalue weighted by molar-refractivity contribution is 5.75. The summed E-state index contributed by atoms with van der Waals surface area (Å²) in [4.78, 5) is 4.35. The molecule has 0 radical (unpaired) electrons. The molecule has 2 aromatic heterocycles. The molecule has 0 aliphatic carbocycles. The van der Waals surface area contributed by atoms with E-state index in [2.05, 4.69) is 10.1 Å². The van der Waals surface area contributed by atoms with Crippen molar-refractivity contribution >= 4 is 5.69 Å². The molecule has 3 aromatic rings. The zero-order valence-electron chi connectivity index (χ0n) is 10.6. The first-order valence-electron chi connectivity index (χ1n) is 6.06. The maximum Gasteiger partial charge on any atom is 0.153 e. The van der Waals surface area contributed by atoms with Gasteiger partial charge < -0.3 is 5.73 Å². The summed E-state index contributed by atoms with van der Waals surface area (Å²) in [6.07, 6.45) is 5.56. The van der Waals surface area contributed by atoms with Crippen LogP contribution in [0.4, 0.5) is 5.69 Å². The van der Waals surface area contributed by atoms with Crippen molar-refractivity contribution in [3.05, 3.63) is 60.6 Å². The first kappa shape index (κ1) is 11.5. The topological polar surface area (TPSA) is 56.7 Å². The summed E-state index contributed by atoms with van der Waals surface area (Å²) in [5.74, 6) is 0.798. The average Bonchev–Trinajstić information content (AvgIpc) is 2.89. The fourth-order valence-corrected chi connectivity index (χ4v) is 1.94. The monoisotopic (exact) mass is 250 g/mol. The van der Waals surface area contributed by atoms with E-state index in [9.17, 15) is 0 Å². The maximum atomic E-state index is 5.97. The van der Waals surface area contributed by atoms with Crippen LogP contribution in [0.5, 0.6) is 0 Å². The fourth-order valence-electron chi connectivity index (χ4n) is 1.94. The molecule has 0 spiro atoms. The van der Waals surface area contributed by atoms with Crippen LogP contribution in [0, 0.1) is 6.92 Å². The van der Waals surface area contributed by atoms with E-state index in [1.807, 2.05) is 55.7 Å². The van der Waals surface area contributed by atoms with Crippen LogP contribution in [0.25, 0.3) is 16.9 Å². The Kier molecular flexibility index (Phi) is 2.76. The van der Waals surface area contributed by atoms with Gasteiger partial charge in [-0.3, -0.25) is 0 Å². The summed E-state index contributed by atoms with van der Waals surface area (Å²) in [5.41, 5.74) is 9.82. The van der Waals surface area contributed by atoms with Crippen molar-refractivity contribution in [2.24, 2.45) is 0 Å². The zero-order chi connectivity index (χ0) is 13.2. The number of aryl methyl sites for hydroxylation is 1. The summed E-state index contributed by atoms with van der Waals surface area (Å²) in [7, 11) is 0. The number of rotatable bonds is 2. The third-order valence-corrected chi connectivity index (χ3v) is 2.98. The molecule has 2 heterocycles. The van der Waals surface area contributed by atoms with Crippen molar-refractivity contribution in [2.45, 2.75) is 6.92 Å². The molecule has 0 fully saturated rings. The summed E-state index contributed by atoms with van der Waals surface area (Å²) < 4.78 is 1.75. The van der Waals surface area contributed by atoms with Gasteiger partial charge in [-0.25, -0.2) is 9.67 Å². The van der Waals surface area contributed by atoms with Gasteiger partial charge in [0.1, 0.15) is 0 Å². The number of anilines is 1. The van der Waals surface area contributed by atoms with Gasteiger partial charge in [0.05, 0.1) is 6.20 Å². The fraction of sp³-hybridized carbons (Fsp3) is 0.0667. The SMILES string of the molecule is Cc1ccc(-n2cc(-c3ccccc3N)cn2)nc1. The third-order valence-electron chi connectivity index (χ3n) is 2.98. The second kappa shape index (κ2) is 4.57. The molecule has 19 heavy (non-hydrogen) atoms. The molecular weight excluding hydrogens is 236 g/mol. The van der Waals surface area contributed by atoms with Gasteiger partial charge in [-0.2, -0.15) is 5.10 Å². The maximum absolute atomic E-state index is 5.97. The molecule has 1 aromatic carbocycles. The van der Waals surface area contributed by atoms with Crippen molar-refractivity contribution in [3.63, 3.8) is 0 Å². The molecule has 0 aliphatic heterocycles. The standard InChI is InChI=1S/C15H14N4/c1-11-6-7-15(17-8-11)19-10-12(9-18-19)13-4-2-3-5-14(13)16/h2-10H,16H2,1H3. The highest BCUT2D eigenvalue weighted by Gasteiger charge is 2.06. The summed E-state index contributed by atoms with van der Waals surface area (Å²) >= 11 is 0. The average molecular weight is 250 g/mol. The van der Waals surface area contributed by atoms with Gasteiger partial charge in [-0.1, -0.05) is 24.3 Å². The molecule has 0 saturated heterocycles. The molecule has 0 unspecified atom stereocenters. The van der Waals surface area contributed by atoms with Crippen LogP contribution in [0.1, 0.15) is 5.56 Å². The van der Waals surface area contributed by atoms with E-state index in [4.69, 9.17) is 5.73 Å². The van der Waals surface area contributed by atoms with E-state index >= 15 is 0 Å². The van der Waals surface area contributed by atoms with Crippen molar-refractivity contribution in [3.8, 4) is 16.9 Å². The highest BCUT2D eigenvalue weighted by Crippen LogP contribution is 2.25. The van der Waals surface area contributed by atoms with Gasteiger partial charge in [-0.05, 0) is 24.6 Å². The molecular formula is C15H14N4. The van der Waals surface area contributed by atoms with Crippen LogP contribution in [0.15, 0.2) is 55.0 Å². The molecule has 2 N–H and O–H groups in total. The lowest BCUT2D eigenvalue weighted by Crippen LogP contribution is -1.97. The van der Waals surface area contributed by atoms with Gasteiger partial charge in [0.25, 0.3) is 0 Å². The highest BCUT2D eigenvalue weighted by atomic mass is 15.3. The molecule has 0 saturated carbocycles. The zero-order valence-corrected chi connectivity index (χ0v) is 10.6. The molecule has 3 rings (SSSR count). The van der Waals surface area contributed by atoms with Crippen LogP contribution in [0.2, 0.25) is 0 Å². The number of hydrogen-bond donors (Lipinski definition) is 1. The number of nitrogen functional groups attached to an aromatic ring is 1. The van der Waals surface area contributed by atoms with Crippen LogP contribution in [0.3, 0.4) is 0 Å². The Hall–Kier alpha value is -2.62. The Morgan fingerprint density at radius 2 is 1.89 bits per heavy atom. The molecule has 0 bridgehead atoms. The van der Waals surface area contributed by atoms with E-state index in [0.717, 1.165) is 28.2 Å². The van der Waals surface area contributed by atoms with Crippen LogP contribution >= 0.6 is 0 Å². The van der Waals surface area contributed by atoms with Crippen LogP contribution < -0.4 is 5.73 Å². The molecule has 0 atom stereocenters.